The fraction of sp³-hybridized carbons (Fsp3) is 0.0833. The van der Waals surface area contributed by atoms with Crippen LogP contribution in [0.1, 0.15) is 11.3 Å². The summed E-state index contributed by atoms with van der Waals surface area (Å²) < 4.78 is 5.45. The number of aryl methyl sites for hydroxylation is 1. The molecule has 2 aromatic rings. The van der Waals surface area contributed by atoms with Crippen LogP contribution in [0.2, 0.25) is 0 Å². The molecule has 17 heavy (non-hydrogen) atoms. The van der Waals surface area contributed by atoms with Crippen LogP contribution in [0.3, 0.4) is 0 Å². The standard InChI is InChI=1S/C12H12N4O/c1-8-2-4-9(5-3-8)17-12-15-7-6-10(16-12)11(13)14/h2-7H,1H3,(H3,13,14). The van der Waals surface area contributed by atoms with Crippen LogP contribution >= 0.6 is 0 Å². The zero-order valence-electron chi connectivity index (χ0n) is 9.34. The Morgan fingerprint density at radius 1 is 1.24 bits per heavy atom. The molecule has 5 heteroatoms. The highest BCUT2D eigenvalue weighted by atomic mass is 16.5. The summed E-state index contributed by atoms with van der Waals surface area (Å²) in [6.07, 6.45) is 1.51. The monoisotopic (exact) mass is 228 g/mol. The first-order valence-corrected chi connectivity index (χ1v) is 5.07. The van der Waals surface area contributed by atoms with Gasteiger partial charge in [-0.2, -0.15) is 4.98 Å². The third-order valence-electron chi connectivity index (χ3n) is 2.14. The van der Waals surface area contributed by atoms with Crippen molar-refractivity contribution in [3.63, 3.8) is 0 Å². The number of ether oxygens (including phenoxy) is 1. The van der Waals surface area contributed by atoms with E-state index in [4.69, 9.17) is 15.9 Å². The van der Waals surface area contributed by atoms with Crippen molar-refractivity contribution in [1.29, 1.82) is 5.41 Å². The molecule has 5 nitrogen and oxygen atoms in total. The minimum Gasteiger partial charge on any atom is -0.424 e. The van der Waals surface area contributed by atoms with E-state index in [1.165, 1.54) is 6.20 Å². The lowest BCUT2D eigenvalue weighted by atomic mass is 10.2. The second-order valence-corrected chi connectivity index (χ2v) is 3.55. The first-order valence-electron chi connectivity index (χ1n) is 5.07. The molecule has 0 aliphatic rings. The van der Waals surface area contributed by atoms with Crippen molar-refractivity contribution < 1.29 is 4.74 Å². The van der Waals surface area contributed by atoms with Crippen LogP contribution in [-0.4, -0.2) is 15.8 Å². The Labute approximate surface area is 98.8 Å². The lowest BCUT2D eigenvalue weighted by Gasteiger charge is -2.04. The van der Waals surface area contributed by atoms with E-state index in [1.54, 1.807) is 6.07 Å². The number of rotatable bonds is 3. The van der Waals surface area contributed by atoms with E-state index in [0.29, 0.717) is 11.4 Å². The van der Waals surface area contributed by atoms with Crippen LogP contribution in [0.5, 0.6) is 11.8 Å². The average molecular weight is 228 g/mol. The second kappa shape index (κ2) is 4.61. The zero-order chi connectivity index (χ0) is 12.3. The molecule has 0 saturated carbocycles. The SMILES string of the molecule is Cc1ccc(Oc2nccc(C(=N)N)n2)cc1. The average Bonchev–Trinajstić information content (AvgIpc) is 2.32. The van der Waals surface area contributed by atoms with Crippen LogP contribution in [0.25, 0.3) is 0 Å². The van der Waals surface area contributed by atoms with Crippen molar-refractivity contribution in [3.8, 4) is 11.8 Å². The molecule has 0 aliphatic heterocycles. The summed E-state index contributed by atoms with van der Waals surface area (Å²) in [6.45, 7) is 2.00. The minimum absolute atomic E-state index is 0.110. The summed E-state index contributed by atoms with van der Waals surface area (Å²) in [7, 11) is 0. The normalized spacial score (nSPS) is 9.94. The van der Waals surface area contributed by atoms with Gasteiger partial charge >= 0.3 is 6.01 Å². The van der Waals surface area contributed by atoms with Crippen molar-refractivity contribution in [2.75, 3.05) is 0 Å². The van der Waals surface area contributed by atoms with Gasteiger partial charge in [-0.25, -0.2) is 4.98 Å². The fourth-order valence-electron chi connectivity index (χ4n) is 1.25. The number of aromatic nitrogens is 2. The summed E-state index contributed by atoms with van der Waals surface area (Å²) >= 11 is 0. The number of benzene rings is 1. The quantitative estimate of drug-likeness (QED) is 0.620. The molecule has 0 amide bonds. The second-order valence-electron chi connectivity index (χ2n) is 3.55. The minimum atomic E-state index is -0.110. The van der Waals surface area contributed by atoms with Crippen LogP contribution in [-0.2, 0) is 0 Å². The first kappa shape index (κ1) is 11.1. The predicted octanol–water partition coefficient (Wildman–Crippen LogP) is 1.86. The van der Waals surface area contributed by atoms with E-state index >= 15 is 0 Å². The van der Waals surface area contributed by atoms with Gasteiger partial charge in [0.15, 0.2) is 0 Å². The van der Waals surface area contributed by atoms with Crippen LogP contribution in [0, 0.1) is 12.3 Å². The van der Waals surface area contributed by atoms with E-state index in [2.05, 4.69) is 9.97 Å². The Morgan fingerprint density at radius 3 is 2.59 bits per heavy atom. The third-order valence-corrected chi connectivity index (χ3v) is 2.14. The molecule has 0 fully saturated rings. The Bertz CT molecular complexity index is 536. The van der Waals surface area contributed by atoms with Gasteiger partial charge in [0.2, 0.25) is 0 Å². The molecule has 2 rings (SSSR count). The van der Waals surface area contributed by atoms with Gasteiger partial charge in [0.1, 0.15) is 17.3 Å². The predicted molar refractivity (Wildman–Crippen MR) is 64.3 cm³/mol. The van der Waals surface area contributed by atoms with Gasteiger partial charge in [0.05, 0.1) is 0 Å². The molecule has 1 aromatic heterocycles. The molecule has 1 heterocycles. The van der Waals surface area contributed by atoms with E-state index in [-0.39, 0.29) is 11.8 Å². The highest BCUT2D eigenvalue weighted by Crippen LogP contribution is 2.17. The van der Waals surface area contributed by atoms with E-state index in [0.717, 1.165) is 5.56 Å². The van der Waals surface area contributed by atoms with Gasteiger partial charge in [0, 0.05) is 6.20 Å². The lowest BCUT2D eigenvalue weighted by Crippen LogP contribution is -2.13. The van der Waals surface area contributed by atoms with Gasteiger partial charge in [-0.3, -0.25) is 5.41 Å². The molecular weight excluding hydrogens is 216 g/mol. The molecule has 0 unspecified atom stereocenters. The number of nitrogen functional groups attached to an aromatic ring is 1. The van der Waals surface area contributed by atoms with Crippen molar-refractivity contribution in [1.82, 2.24) is 9.97 Å². The Kier molecular flexibility index (Phi) is 3.00. The van der Waals surface area contributed by atoms with Gasteiger partial charge in [-0.15, -0.1) is 0 Å². The van der Waals surface area contributed by atoms with Gasteiger partial charge in [-0.1, -0.05) is 17.7 Å². The Hall–Kier alpha value is -2.43. The van der Waals surface area contributed by atoms with Crippen molar-refractivity contribution >= 4 is 5.84 Å². The number of nitrogens with zero attached hydrogens (tertiary/aromatic N) is 2. The summed E-state index contributed by atoms with van der Waals surface area (Å²) in [6, 6.07) is 9.28. The van der Waals surface area contributed by atoms with Gasteiger partial charge in [0.25, 0.3) is 0 Å². The molecule has 1 aromatic carbocycles. The van der Waals surface area contributed by atoms with Crippen molar-refractivity contribution in [2.24, 2.45) is 5.73 Å². The van der Waals surface area contributed by atoms with E-state index in [1.807, 2.05) is 31.2 Å². The molecule has 0 saturated heterocycles. The van der Waals surface area contributed by atoms with Crippen molar-refractivity contribution in [3.05, 3.63) is 47.8 Å². The van der Waals surface area contributed by atoms with E-state index in [9.17, 15) is 0 Å². The van der Waals surface area contributed by atoms with Crippen molar-refractivity contribution in [2.45, 2.75) is 6.92 Å². The van der Waals surface area contributed by atoms with Crippen LogP contribution < -0.4 is 10.5 Å². The number of hydrogen-bond acceptors (Lipinski definition) is 4. The molecule has 86 valence electrons. The maximum Gasteiger partial charge on any atom is 0.322 e. The Balaban J connectivity index is 2.21. The number of amidine groups is 1. The largest absolute Gasteiger partial charge is 0.424 e. The maximum absolute atomic E-state index is 7.27. The zero-order valence-corrected chi connectivity index (χ0v) is 9.34. The smallest absolute Gasteiger partial charge is 0.322 e. The fourth-order valence-corrected chi connectivity index (χ4v) is 1.25. The maximum atomic E-state index is 7.27. The molecule has 0 aliphatic carbocycles. The lowest BCUT2D eigenvalue weighted by molar-refractivity contribution is 0.441. The van der Waals surface area contributed by atoms with Gasteiger partial charge in [-0.05, 0) is 25.1 Å². The third kappa shape index (κ3) is 2.78. The summed E-state index contributed by atoms with van der Waals surface area (Å²) in [5.74, 6) is 0.539. The summed E-state index contributed by atoms with van der Waals surface area (Å²) in [4.78, 5) is 7.96. The first-order chi connectivity index (χ1) is 8.15. The number of nitrogens with two attached hydrogens (primary N) is 1. The van der Waals surface area contributed by atoms with Gasteiger partial charge < -0.3 is 10.5 Å². The van der Waals surface area contributed by atoms with E-state index < -0.39 is 0 Å². The molecular formula is C12H12N4O. The molecule has 0 atom stereocenters. The van der Waals surface area contributed by atoms with Crippen LogP contribution in [0.4, 0.5) is 0 Å². The Morgan fingerprint density at radius 2 is 1.94 bits per heavy atom. The molecule has 0 radical (unpaired) electrons. The molecule has 0 bridgehead atoms. The summed E-state index contributed by atoms with van der Waals surface area (Å²) in [5.41, 5.74) is 6.83. The number of hydrogen-bond donors (Lipinski definition) is 2. The topological polar surface area (TPSA) is 84.9 Å². The highest BCUT2D eigenvalue weighted by Gasteiger charge is 2.03. The number of nitrogens with one attached hydrogen (secondary N) is 1. The molecule has 0 spiro atoms. The molecule has 3 N–H and O–H groups in total. The summed E-state index contributed by atoms with van der Waals surface area (Å²) in [5, 5.41) is 7.27. The van der Waals surface area contributed by atoms with Crippen LogP contribution in [0.15, 0.2) is 36.5 Å². The highest BCUT2D eigenvalue weighted by molar-refractivity contribution is 5.92.